The van der Waals surface area contributed by atoms with Gasteiger partial charge in [-0.05, 0) is 23.6 Å². The highest BCUT2D eigenvalue weighted by Crippen LogP contribution is 2.35. The van der Waals surface area contributed by atoms with Crippen LogP contribution in [0, 0.1) is 0 Å². The van der Waals surface area contributed by atoms with Crippen LogP contribution in [-0.2, 0) is 16.0 Å². The van der Waals surface area contributed by atoms with Crippen molar-refractivity contribution in [2.24, 2.45) is 0 Å². The summed E-state index contributed by atoms with van der Waals surface area (Å²) in [6.45, 7) is 0.841. The summed E-state index contributed by atoms with van der Waals surface area (Å²) < 4.78 is 5.01. The molecule has 2 aromatic rings. The predicted octanol–water partition coefficient (Wildman–Crippen LogP) is 2.96. The second kappa shape index (κ2) is 5.37. The summed E-state index contributed by atoms with van der Waals surface area (Å²) in [7, 11) is 1.44. The Kier molecular flexibility index (Phi) is 3.42. The van der Waals surface area contributed by atoms with E-state index in [4.69, 9.17) is 4.74 Å². The van der Waals surface area contributed by atoms with Crippen LogP contribution in [0.5, 0.6) is 0 Å². The molecule has 0 N–H and O–H groups in total. The van der Waals surface area contributed by atoms with Crippen LogP contribution in [0.15, 0.2) is 54.6 Å². The lowest BCUT2D eigenvalue weighted by atomic mass is 10.1. The van der Waals surface area contributed by atoms with Crippen molar-refractivity contribution in [3.05, 3.63) is 65.7 Å². The van der Waals surface area contributed by atoms with E-state index >= 15 is 0 Å². The molecule has 0 spiro atoms. The van der Waals surface area contributed by atoms with E-state index in [1.807, 2.05) is 42.5 Å². The molecule has 1 aliphatic heterocycles. The van der Waals surface area contributed by atoms with Crippen molar-refractivity contribution in [2.45, 2.75) is 12.5 Å². The Labute approximate surface area is 118 Å². The Morgan fingerprint density at radius 3 is 2.55 bits per heavy atom. The van der Waals surface area contributed by atoms with Crippen LogP contribution in [-0.4, -0.2) is 19.6 Å². The van der Waals surface area contributed by atoms with E-state index in [1.165, 1.54) is 12.7 Å². The Bertz CT molecular complexity index is 609. The van der Waals surface area contributed by atoms with Crippen molar-refractivity contribution >= 4 is 11.7 Å². The molecular weight excluding hydrogens is 250 g/mol. The van der Waals surface area contributed by atoms with Gasteiger partial charge in [0.1, 0.15) is 0 Å². The number of hydrogen-bond donors (Lipinski definition) is 0. The molecule has 1 atom stereocenters. The zero-order chi connectivity index (χ0) is 13.9. The number of esters is 1. The van der Waals surface area contributed by atoms with Gasteiger partial charge >= 0.3 is 5.97 Å². The standard InChI is InChI=1S/C17H17NO2/c1-20-17(19)16(14-8-3-2-4-9-14)18-12-11-13-7-5-6-10-15(13)18/h2-10,16H,11-12H2,1H3. The fraction of sp³-hybridized carbons (Fsp3) is 0.235. The van der Waals surface area contributed by atoms with Gasteiger partial charge in [-0.25, -0.2) is 4.79 Å². The van der Waals surface area contributed by atoms with Crippen LogP contribution >= 0.6 is 0 Å². The average Bonchev–Trinajstić information content (AvgIpc) is 2.92. The highest BCUT2D eigenvalue weighted by molar-refractivity contribution is 5.83. The summed E-state index contributed by atoms with van der Waals surface area (Å²) in [4.78, 5) is 14.4. The van der Waals surface area contributed by atoms with Crippen LogP contribution in [0.2, 0.25) is 0 Å². The predicted molar refractivity (Wildman–Crippen MR) is 78.7 cm³/mol. The number of hydrogen-bond acceptors (Lipinski definition) is 3. The molecule has 20 heavy (non-hydrogen) atoms. The van der Waals surface area contributed by atoms with Crippen LogP contribution in [0.3, 0.4) is 0 Å². The number of ether oxygens (including phenoxy) is 1. The van der Waals surface area contributed by atoms with Gasteiger partial charge in [0.15, 0.2) is 6.04 Å². The van der Waals surface area contributed by atoms with E-state index in [9.17, 15) is 4.79 Å². The zero-order valence-corrected chi connectivity index (χ0v) is 11.5. The van der Waals surface area contributed by atoms with E-state index in [0.717, 1.165) is 24.2 Å². The molecule has 0 saturated carbocycles. The van der Waals surface area contributed by atoms with E-state index in [-0.39, 0.29) is 12.0 Å². The number of nitrogens with zero attached hydrogens (tertiary/aromatic N) is 1. The fourth-order valence-electron chi connectivity index (χ4n) is 2.82. The van der Waals surface area contributed by atoms with E-state index in [2.05, 4.69) is 17.0 Å². The van der Waals surface area contributed by atoms with Gasteiger partial charge in [-0.1, -0.05) is 48.5 Å². The van der Waals surface area contributed by atoms with Gasteiger partial charge in [0, 0.05) is 12.2 Å². The molecule has 1 heterocycles. The van der Waals surface area contributed by atoms with Gasteiger partial charge in [-0.3, -0.25) is 0 Å². The summed E-state index contributed by atoms with van der Waals surface area (Å²) in [6.07, 6.45) is 0.969. The van der Waals surface area contributed by atoms with Crippen molar-refractivity contribution in [3.8, 4) is 0 Å². The molecule has 3 nitrogen and oxygen atoms in total. The third kappa shape index (κ3) is 2.16. The molecule has 102 valence electrons. The first-order chi connectivity index (χ1) is 9.81. The monoisotopic (exact) mass is 267 g/mol. The highest BCUT2D eigenvalue weighted by Gasteiger charge is 2.32. The molecule has 3 heteroatoms. The van der Waals surface area contributed by atoms with Crippen molar-refractivity contribution in [1.82, 2.24) is 0 Å². The summed E-state index contributed by atoms with van der Waals surface area (Å²) in [5, 5.41) is 0. The number of fused-ring (bicyclic) bond motifs is 1. The first kappa shape index (κ1) is 12.7. The third-order valence-corrected chi connectivity index (χ3v) is 3.77. The Hall–Kier alpha value is -2.29. The molecule has 0 fully saturated rings. The topological polar surface area (TPSA) is 29.5 Å². The van der Waals surface area contributed by atoms with Gasteiger partial charge in [-0.15, -0.1) is 0 Å². The summed E-state index contributed by atoms with van der Waals surface area (Å²) in [5.74, 6) is -0.215. The molecule has 0 saturated heterocycles. The minimum absolute atomic E-state index is 0.215. The summed E-state index contributed by atoms with van der Waals surface area (Å²) in [6, 6.07) is 17.7. The van der Waals surface area contributed by atoms with Crippen LogP contribution in [0.25, 0.3) is 0 Å². The molecule has 0 amide bonds. The number of rotatable bonds is 3. The quantitative estimate of drug-likeness (QED) is 0.801. The number of carbonyl (C=O) groups excluding carboxylic acids is 1. The molecule has 0 bridgehead atoms. The third-order valence-electron chi connectivity index (χ3n) is 3.77. The smallest absolute Gasteiger partial charge is 0.333 e. The molecule has 1 unspecified atom stereocenters. The van der Waals surface area contributed by atoms with Gasteiger partial charge < -0.3 is 9.64 Å². The number of para-hydroxylation sites is 1. The number of carbonyl (C=O) groups is 1. The minimum atomic E-state index is -0.371. The lowest BCUT2D eigenvalue weighted by Gasteiger charge is -2.28. The first-order valence-electron chi connectivity index (χ1n) is 6.78. The minimum Gasteiger partial charge on any atom is -0.467 e. The SMILES string of the molecule is COC(=O)C(c1ccccc1)N1CCc2ccccc21. The fourth-order valence-corrected chi connectivity index (χ4v) is 2.82. The summed E-state index contributed by atoms with van der Waals surface area (Å²) >= 11 is 0. The molecule has 1 aliphatic rings. The number of benzene rings is 2. The largest absolute Gasteiger partial charge is 0.467 e. The second-order valence-electron chi connectivity index (χ2n) is 4.91. The summed E-state index contributed by atoms with van der Waals surface area (Å²) in [5.41, 5.74) is 3.39. The Balaban J connectivity index is 2.02. The maximum absolute atomic E-state index is 12.2. The van der Waals surface area contributed by atoms with Gasteiger partial charge in [0.05, 0.1) is 7.11 Å². The normalized spacial score (nSPS) is 14.8. The van der Waals surface area contributed by atoms with Gasteiger partial charge in [0.2, 0.25) is 0 Å². The van der Waals surface area contributed by atoms with Gasteiger partial charge in [0.25, 0.3) is 0 Å². The van der Waals surface area contributed by atoms with E-state index < -0.39 is 0 Å². The van der Waals surface area contributed by atoms with E-state index in [0.29, 0.717) is 0 Å². The molecule has 0 aromatic heterocycles. The molecule has 0 aliphatic carbocycles. The van der Waals surface area contributed by atoms with Crippen molar-refractivity contribution in [3.63, 3.8) is 0 Å². The Morgan fingerprint density at radius 2 is 1.80 bits per heavy atom. The lowest BCUT2D eigenvalue weighted by Crippen LogP contribution is -2.33. The molecule has 3 rings (SSSR count). The molecular formula is C17H17NO2. The lowest BCUT2D eigenvalue weighted by molar-refractivity contribution is -0.142. The number of methoxy groups -OCH3 is 1. The van der Waals surface area contributed by atoms with Crippen molar-refractivity contribution in [2.75, 3.05) is 18.6 Å². The second-order valence-corrected chi connectivity index (χ2v) is 4.91. The molecule has 0 radical (unpaired) electrons. The van der Waals surface area contributed by atoms with E-state index in [1.54, 1.807) is 0 Å². The Morgan fingerprint density at radius 1 is 1.10 bits per heavy atom. The maximum atomic E-state index is 12.2. The first-order valence-corrected chi connectivity index (χ1v) is 6.78. The van der Waals surface area contributed by atoms with Crippen molar-refractivity contribution < 1.29 is 9.53 Å². The number of anilines is 1. The van der Waals surface area contributed by atoms with Crippen molar-refractivity contribution in [1.29, 1.82) is 0 Å². The highest BCUT2D eigenvalue weighted by atomic mass is 16.5. The van der Waals surface area contributed by atoms with Crippen LogP contribution in [0.1, 0.15) is 17.2 Å². The zero-order valence-electron chi connectivity index (χ0n) is 11.5. The van der Waals surface area contributed by atoms with Crippen LogP contribution in [0.4, 0.5) is 5.69 Å². The average molecular weight is 267 g/mol. The molecule has 2 aromatic carbocycles. The maximum Gasteiger partial charge on any atom is 0.333 e. The van der Waals surface area contributed by atoms with Crippen LogP contribution < -0.4 is 4.90 Å². The van der Waals surface area contributed by atoms with Gasteiger partial charge in [-0.2, -0.15) is 0 Å².